The molecule has 1 unspecified atom stereocenters. The molecule has 1 aliphatic heterocycles. The van der Waals surface area contributed by atoms with E-state index >= 15 is 0 Å². The molecule has 8 nitrogen and oxygen atoms in total. The average molecular weight is 332 g/mol. The Morgan fingerprint density at radius 2 is 2.29 bits per heavy atom. The summed E-state index contributed by atoms with van der Waals surface area (Å²) >= 11 is 0. The number of carbonyl (C=O) groups is 1. The van der Waals surface area contributed by atoms with E-state index in [1.165, 1.54) is 0 Å². The number of rotatable bonds is 5. The van der Waals surface area contributed by atoms with E-state index in [9.17, 15) is 4.79 Å². The first kappa shape index (κ1) is 16.7. The van der Waals surface area contributed by atoms with Gasteiger partial charge < -0.3 is 14.4 Å². The van der Waals surface area contributed by atoms with Crippen LogP contribution in [0.25, 0.3) is 0 Å². The summed E-state index contributed by atoms with van der Waals surface area (Å²) in [7, 11) is 2.01. The van der Waals surface area contributed by atoms with Gasteiger partial charge in [-0.3, -0.25) is 14.6 Å². The normalized spacial score (nSPS) is 19.5. The van der Waals surface area contributed by atoms with Crippen LogP contribution in [0.1, 0.15) is 18.5 Å². The van der Waals surface area contributed by atoms with E-state index in [0.29, 0.717) is 24.2 Å². The number of nitrogens with zero attached hydrogens (tertiary/aromatic N) is 5. The van der Waals surface area contributed by atoms with Gasteiger partial charge in [-0.25, -0.2) is 4.98 Å². The smallest absolute Gasteiger partial charge is 0.239 e. The topological polar surface area (TPSA) is 79.4 Å². The molecule has 2 aromatic rings. The summed E-state index contributed by atoms with van der Waals surface area (Å²) in [5.41, 5.74) is 0. The summed E-state index contributed by atoms with van der Waals surface area (Å²) in [4.78, 5) is 21.1. The van der Waals surface area contributed by atoms with Gasteiger partial charge in [0.25, 0.3) is 0 Å². The largest absolute Gasteiger partial charge is 0.360 e. The molecular formula is C16H24N6O2. The van der Waals surface area contributed by atoms with Gasteiger partial charge in [-0.1, -0.05) is 5.16 Å². The van der Waals surface area contributed by atoms with Crippen LogP contribution in [0.2, 0.25) is 0 Å². The Morgan fingerprint density at radius 3 is 2.92 bits per heavy atom. The predicted octanol–water partition coefficient (Wildman–Crippen LogP) is 0.861. The Kier molecular flexibility index (Phi) is 4.96. The molecule has 1 saturated heterocycles. The van der Waals surface area contributed by atoms with Crippen molar-refractivity contribution in [3.8, 4) is 0 Å². The summed E-state index contributed by atoms with van der Waals surface area (Å²) < 4.78 is 7.00. The van der Waals surface area contributed by atoms with Crippen LogP contribution in [0.15, 0.2) is 23.0 Å². The second-order valence-corrected chi connectivity index (χ2v) is 6.38. The first-order chi connectivity index (χ1) is 11.5. The SMILES string of the molecule is Cc1cc(NC(=O)CN2CCN(Cc3nccn3C)C(C)C2)no1. The van der Waals surface area contributed by atoms with Gasteiger partial charge >= 0.3 is 0 Å². The molecule has 0 aromatic carbocycles. The zero-order valence-electron chi connectivity index (χ0n) is 14.4. The van der Waals surface area contributed by atoms with Crippen molar-refractivity contribution in [2.45, 2.75) is 26.4 Å². The maximum atomic E-state index is 12.1. The lowest BCUT2D eigenvalue weighted by Crippen LogP contribution is -2.53. The molecule has 1 aliphatic rings. The van der Waals surface area contributed by atoms with Gasteiger partial charge in [-0.15, -0.1) is 0 Å². The zero-order valence-corrected chi connectivity index (χ0v) is 14.4. The van der Waals surface area contributed by atoms with Crippen LogP contribution in [-0.2, 0) is 18.4 Å². The lowest BCUT2D eigenvalue weighted by molar-refractivity contribution is -0.118. The Labute approximate surface area is 141 Å². The van der Waals surface area contributed by atoms with Crippen molar-refractivity contribution < 1.29 is 9.32 Å². The minimum atomic E-state index is -0.0620. The minimum absolute atomic E-state index is 0.0620. The van der Waals surface area contributed by atoms with Crippen molar-refractivity contribution in [3.63, 3.8) is 0 Å². The predicted molar refractivity (Wildman–Crippen MR) is 89.4 cm³/mol. The summed E-state index contributed by atoms with van der Waals surface area (Å²) in [5, 5.41) is 6.55. The molecule has 1 N–H and O–H groups in total. The highest BCUT2D eigenvalue weighted by atomic mass is 16.5. The number of carbonyl (C=O) groups excluding carboxylic acids is 1. The van der Waals surface area contributed by atoms with E-state index in [4.69, 9.17) is 4.52 Å². The van der Waals surface area contributed by atoms with E-state index < -0.39 is 0 Å². The van der Waals surface area contributed by atoms with Gasteiger partial charge in [0.2, 0.25) is 5.91 Å². The van der Waals surface area contributed by atoms with E-state index in [1.807, 2.05) is 24.0 Å². The fraction of sp³-hybridized carbons (Fsp3) is 0.562. The van der Waals surface area contributed by atoms with Crippen molar-refractivity contribution in [3.05, 3.63) is 30.0 Å². The highest BCUT2D eigenvalue weighted by Crippen LogP contribution is 2.13. The molecule has 3 rings (SSSR count). The van der Waals surface area contributed by atoms with Gasteiger partial charge in [0, 0.05) is 51.2 Å². The van der Waals surface area contributed by atoms with Gasteiger partial charge in [-0.2, -0.15) is 0 Å². The number of anilines is 1. The monoisotopic (exact) mass is 332 g/mol. The van der Waals surface area contributed by atoms with Crippen molar-refractivity contribution in [1.82, 2.24) is 24.5 Å². The summed E-state index contributed by atoms with van der Waals surface area (Å²) in [5.74, 6) is 2.16. The number of nitrogens with one attached hydrogen (secondary N) is 1. The summed E-state index contributed by atoms with van der Waals surface area (Å²) in [6, 6.07) is 2.09. The highest BCUT2D eigenvalue weighted by molar-refractivity contribution is 5.91. The molecule has 3 heterocycles. The van der Waals surface area contributed by atoms with Crippen LogP contribution in [0, 0.1) is 6.92 Å². The van der Waals surface area contributed by atoms with Gasteiger partial charge in [0.1, 0.15) is 11.6 Å². The first-order valence-electron chi connectivity index (χ1n) is 8.17. The average Bonchev–Trinajstić information content (AvgIpc) is 3.11. The Balaban J connectivity index is 1.48. The lowest BCUT2D eigenvalue weighted by atomic mass is 10.2. The number of hydrogen-bond donors (Lipinski definition) is 1. The van der Waals surface area contributed by atoms with Crippen LogP contribution in [0.3, 0.4) is 0 Å². The van der Waals surface area contributed by atoms with E-state index in [0.717, 1.165) is 32.0 Å². The second kappa shape index (κ2) is 7.14. The van der Waals surface area contributed by atoms with Crippen molar-refractivity contribution >= 4 is 11.7 Å². The first-order valence-corrected chi connectivity index (χ1v) is 8.17. The van der Waals surface area contributed by atoms with Crippen LogP contribution in [-0.4, -0.2) is 62.6 Å². The molecule has 1 fully saturated rings. The number of imidazole rings is 1. The molecule has 1 amide bonds. The number of aryl methyl sites for hydroxylation is 2. The third-order valence-electron chi connectivity index (χ3n) is 4.38. The molecule has 0 saturated carbocycles. The van der Waals surface area contributed by atoms with Crippen LogP contribution >= 0.6 is 0 Å². The fourth-order valence-electron chi connectivity index (χ4n) is 2.99. The maximum Gasteiger partial charge on any atom is 0.239 e. The number of amides is 1. The van der Waals surface area contributed by atoms with Crippen LogP contribution in [0.5, 0.6) is 0 Å². The van der Waals surface area contributed by atoms with Crippen LogP contribution < -0.4 is 5.32 Å². The maximum absolute atomic E-state index is 12.1. The standard InChI is InChI=1S/C16H24N6O2/c1-12-9-21(11-16(23)18-14-8-13(2)24-19-14)6-7-22(12)10-15-17-4-5-20(15)3/h4-5,8,12H,6-7,9-11H2,1-3H3,(H,18,19,23). The van der Waals surface area contributed by atoms with Crippen molar-refractivity contribution in [1.29, 1.82) is 0 Å². The number of aromatic nitrogens is 3. The molecule has 0 bridgehead atoms. The molecule has 8 heteroatoms. The van der Waals surface area contributed by atoms with E-state index in [2.05, 4.69) is 32.2 Å². The molecule has 0 aliphatic carbocycles. The second-order valence-electron chi connectivity index (χ2n) is 6.38. The molecular weight excluding hydrogens is 308 g/mol. The third kappa shape index (κ3) is 4.01. The number of hydrogen-bond acceptors (Lipinski definition) is 6. The highest BCUT2D eigenvalue weighted by Gasteiger charge is 2.25. The summed E-state index contributed by atoms with van der Waals surface area (Å²) in [6.07, 6.45) is 3.79. The lowest BCUT2D eigenvalue weighted by Gasteiger charge is -2.39. The van der Waals surface area contributed by atoms with E-state index in [1.54, 1.807) is 13.0 Å². The van der Waals surface area contributed by atoms with Gasteiger partial charge in [-0.05, 0) is 13.8 Å². The molecule has 24 heavy (non-hydrogen) atoms. The number of piperazine rings is 1. The third-order valence-corrected chi connectivity index (χ3v) is 4.38. The zero-order chi connectivity index (χ0) is 17.1. The molecule has 130 valence electrons. The van der Waals surface area contributed by atoms with Gasteiger partial charge in [0.05, 0.1) is 13.1 Å². The summed E-state index contributed by atoms with van der Waals surface area (Å²) in [6.45, 7) is 7.83. The Morgan fingerprint density at radius 1 is 1.46 bits per heavy atom. The molecule has 0 spiro atoms. The fourth-order valence-corrected chi connectivity index (χ4v) is 2.99. The van der Waals surface area contributed by atoms with E-state index in [-0.39, 0.29) is 5.91 Å². The molecule has 2 aromatic heterocycles. The minimum Gasteiger partial charge on any atom is -0.360 e. The van der Waals surface area contributed by atoms with Crippen molar-refractivity contribution in [2.75, 3.05) is 31.5 Å². The van der Waals surface area contributed by atoms with Crippen LogP contribution in [0.4, 0.5) is 5.82 Å². The Hall–Kier alpha value is -2.19. The van der Waals surface area contributed by atoms with Crippen molar-refractivity contribution in [2.24, 2.45) is 7.05 Å². The molecule has 0 radical (unpaired) electrons. The van der Waals surface area contributed by atoms with Gasteiger partial charge in [0.15, 0.2) is 5.82 Å². The molecule has 1 atom stereocenters. The quantitative estimate of drug-likeness (QED) is 0.875. The Bertz CT molecular complexity index is 694.